The number of hydrogen-bond donors (Lipinski definition) is 1. The van der Waals surface area contributed by atoms with Crippen LogP contribution in [0, 0.1) is 6.92 Å². The molecular weight excluding hydrogens is 368 g/mol. The fourth-order valence-corrected chi connectivity index (χ4v) is 3.36. The number of anilines is 1. The number of hydrogen-bond acceptors (Lipinski definition) is 4. The van der Waals surface area contributed by atoms with Crippen molar-refractivity contribution in [2.45, 2.75) is 32.7 Å². The fraction of sp³-hybridized carbons (Fsp3) is 0.348. The van der Waals surface area contributed by atoms with E-state index in [2.05, 4.69) is 5.32 Å². The largest absolute Gasteiger partial charge is 0.377 e. The summed E-state index contributed by atoms with van der Waals surface area (Å²) in [4.78, 5) is 38.9. The molecule has 1 fully saturated rings. The number of morpholine rings is 1. The molecule has 2 aromatic carbocycles. The summed E-state index contributed by atoms with van der Waals surface area (Å²) in [5, 5.41) is 2.78. The van der Waals surface area contributed by atoms with Crippen LogP contribution in [0.25, 0.3) is 0 Å². The van der Waals surface area contributed by atoms with E-state index in [4.69, 9.17) is 4.74 Å². The molecular formula is C23H26N2O4. The van der Waals surface area contributed by atoms with Gasteiger partial charge in [0.05, 0.1) is 19.3 Å². The maximum Gasteiger partial charge on any atom is 0.254 e. The standard InChI is InChI=1S/C23H26N2O4/c1-16-5-3-4-6-20(16)21(26)11-12-22(27)24-19-9-7-18(8-10-19)23(28)25-13-14-29-15-17(25)2/h3-10,17H,11-15H2,1-2H3,(H,24,27). The lowest BCUT2D eigenvalue weighted by atomic mass is 10.0. The van der Waals surface area contributed by atoms with Gasteiger partial charge in [-0.15, -0.1) is 0 Å². The molecule has 3 rings (SSSR count). The van der Waals surface area contributed by atoms with Gasteiger partial charge in [-0.3, -0.25) is 14.4 Å². The van der Waals surface area contributed by atoms with E-state index in [0.717, 1.165) is 5.56 Å². The van der Waals surface area contributed by atoms with Crippen molar-refractivity contribution in [2.24, 2.45) is 0 Å². The predicted molar refractivity (Wildman–Crippen MR) is 111 cm³/mol. The summed E-state index contributed by atoms with van der Waals surface area (Å²) in [7, 11) is 0. The van der Waals surface area contributed by atoms with Gasteiger partial charge in [0.15, 0.2) is 5.78 Å². The molecule has 0 bridgehead atoms. The third-order valence-electron chi connectivity index (χ3n) is 5.07. The topological polar surface area (TPSA) is 75.7 Å². The first-order chi connectivity index (χ1) is 14.0. The van der Waals surface area contributed by atoms with E-state index >= 15 is 0 Å². The molecule has 1 aliphatic rings. The maximum absolute atomic E-state index is 12.6. The Bertz CT molecular complexity index is 892. The number of aryl methyl sites for hydroxylation is 1. The monoisotopic (exact) mass is 394 g/mol. The molecule has 1 aliphatic heterocycles. The van der Waals surface area contributed by atoms with E-state index in [1.165, 1.54) is 0 Å². The molecule has 1 unspecified atom stereocenters. The van der Waals surface area contributed by atoms with Crippen LogP contribution in [-0.4, -0.2) is 48.3 Å². The van der Waals surface area contributed by atoms with Gasteiger partial charge < -0.3 is 15.0 Å². The number of carbonyl (C=O) groups is 3. The zero-order valence-electron chi connectivity index (χ0n) is 16.8. The Morgan fingerprint density at radius 1 is 1.07 bits per heavy atom. The van der Waals surface area contributed by atoms with E-state index in [1.54, 1.807) is 35.2 Å². The molecule has 2 aromatic rings. The maximum atomic E-state index is 12.6. The molecule has 2 amide bonds. The summed E-state index contributed by atoms with van der Waals surface area (Å²) in [6.45, 7) is 5.51. The van der Waals surface area contributed by atoms with Crippen molar-refractivity contribution in [1.29, 1.82) is 0 Å². The van der Waals surface area contributed by atoms with E-state index in [9.17, 15) is 14.4 Å². The zero-order valence-corrected chi connectivity index (χ0v) is 16.8. The van der Waals surface area contributed by atoms with Gasteiger partial charge in [-0.25, -0.2) is 0 Å². The Morgan fingerprint density at radius 2 is 1.79 bits per heavy atom. The Balaban J connectivity index is 1.52. The summed E-state index contributed by atoms with van der Waals surface area (Å²) >= 11 is 0. The summed E-state index contributed by atoms with van der Waals surface area (Å²) < 4.78 is 5.37. The lowest BCUT2D eigenvalue weighted by Gasteiger charge is -2.33. The second kappa shape index (κ2) is 9.47. The van der Waals surface area contributed by atoms with Gasteiger partial charge in [-0.2, -0.15) is 0 Å². The number of amides is 2. The third kappa shape index (κ3) is 5.29. The summed E-state index contributed by atoms with van der Waals surface area (Å²) in [5.41, 5.74) is 2.74. The van der Waals surface area contributed by atoms with Crippen LogP contribution in [-0.2, 0) is 9.53 Å². The van der Waals surface area contributed by atoms with Gasteiger partial charge in [-0.1, -0.05) is 24.3 Å². The second-order valence-electron chi connectivity index (χ2n) is 7.29. The number of Topliss-reactive ketones (excluding diaryl/α,β-unsaturated/α-hetero) is 1. The minimum atomic E-state index is -0.229. The van der Waals surface area contributed by atoms with Gasteiger partial charge in [0, 0.05) is 36.2 Å². The minimum absolute atomic E-state index is 0.0393. The summed E-state index contributed by atoms with van der Waals surface area (Å²) in [6.07, 6.45) is 0.265. The van der Waals surface area contributed by atoms with Gasteiger partial charge in [0.2, 0.25) is 5.91 Å². The molecule has 1 saturated heterocycles. The third-order valence-corrected chi connectivity index (χ3v) is 5.07. The number of carbonyl (C=O) groups excluding carboxylic acids is 3. The van der Waals surface area contributed by atoms with E-state index in [-0.39, 0.29) is 36.5 Å². The van der Waals surface area contributed by atoms with Crippen molar-refractivity contribution in [3.63, 3.8) is 0 Å². The average molecular weight is 394 g/mol. The van der Waals surface area contributed by atoms with Crippen LogP contribution in [0.3, 0.4) is 0 Å². The first kappa shape index (κ1) is 20.7. The minimum Gasteiger partial charge on any atom is -0.377 e. The van der Waals surface area contributed by atoms with Crippen LogP contribution in [0.4, 0.5) is 5.69 Å². The first-order valence-corrected chi connectivity index (χ1v) is 9.83. The van der Waals surface area contributed by atoms with Crippen LogP contribution in [0.15, 0.2) is 48.5 Å². The normalized spacial score (nSPS) is 16.3. The molecule has 1 atom stereocenters. The number of ether oxygens (including phenoxy) is 1. The quantitative estimate of drug-likeness (QED) is 0.762. The molecule has 1 heterocycles. The van der Waals surface area contributed by atoms with Crippen LogP contribution < -0.4 is 5.32 Å². The van der Waals surface area contributed by atoms with Crippen LogP contribution in [0.1, 0.15) is 46.0 Å². The highest BCUT2D eigenvalue weighted by Crippen LogP contribution is 2.16. The smallest absolute Gasteiger partial charge is 0.254 e. The van der Waals surface area contributed by atoms with Crippen molar-refractivity contribution in [3.8, 4) is 0 Å². The number of ketones is 1. The van der Waals surface area contributed by atoms with E-state index in [0.29, 0.717) is 36.6 Å². The van der Waals surface area contributed by atoms with Crippen molar-refractivity contribution >= 4 is 23.3 Å². The SMILES string of the molecule is Cc1ccccc1C(=O)CCC(=O)Nc1ccc(C(=O)N2CCOCC2C)cc1. The molecule has 0 saturated carbocycles. The van der Waals surface area contributed by atoms with Crippen molar-refractivity contribution in [3.05, 3.63) is 65.2 Å². The van der Waals surface area contributed by atoms with Gasteiger partial charge in [0.1, 0.15) is 0 Å². The van der Waals surface area contributed by atoms with Crippen LogP contribution in [0.2, 0.25) is 0 Å². The lowest BCUT2D eigenvalue weighted by molar-refractivity contribution is -0.116. The van der Waals surface area contributed by atoms with Gasteiger partial charge in [-0.05, 0) is 43.7 Å². The number of nitrogens with one attached hydrogen (secondary N) is 1. The van der Waals surface area contributed by atoms with Gasteiger partial charge in [0.25, 0.3) is 5.91 Å². The summed E-state index contributed by atoms with van der Waals surface area (Å²) in [5.74, 6) is -0.311. The van der Waals surface area contributed by atoms with Crippen molar-refractivity contribution in [1.82, 2.24) is 4.90 Å². The Labute approximate surface area is 170 Å². The number of rotatable bonds is 6. The molecule has 152 valence electrons. The number of nitrogens with zero attached hydrogens (tertiary/aromatic N) is 1. The average Bonchev–Trinajstić information content (AvgIpc) is 2.73. The highest BCUT2D eigenvalue weighted by Gasteiger charge is 2.24. The first-order valence-electron chi connectivity index (χ1n) is 9.83. The van der Waals surface area contributed by atoms with Crippen molar-refractivity contribution in [2.75, 3.05) is 25.1 Å². The van der Waals surface area contributed by atoms with Crippen molar-refractivity contribution < 1.29 is 19.1 Å². The number of benzene rings is 2. The Hall–Kier alpha value is -2.99. The molecule has 0 radical (unpaired) electrons. The highest BCUT2D eigenvalue weighted by atomic mass is 16.5. The highest BCUT2D eigenvalue weighted by molar-refractivity contribution is 6.01. The second-order valence-corrected chi connectivity index (χ2v) is 7.29. The fourth-order valence-electron chi connectivity index (χ4n) is 3.36. The Kier molecular flexibility index (Phi) is 6.77. The molecule has 0 aromatic heterocycles. The lowest BCUT2D eigenvalue weighted by Crippen LogP contribution is -2.47. The summed E-state index contributed by atoms with van der Waals surface area (Å²) in [6, 6.07) is 14.2. The molecule has 1 N–H and O–H groups in total. The molecule has 0 spiro atoms. The Morgan fingerprint density at radius 3 is 2.48 bits per heavy atom. The zero-order chi connectivity index (χ0) is 20.8. The predicted octanol–water partition coefficient (Wildman–Crippen LogP) is 3.46. The molecule has 6 heteroatoms. The van der Waals surface area contributed by atoms with E-state index in [1.807, 2.05) is 32.0 Å². The van der Waals surface area contributed by atoms with Crippen LogP contribution >= 0.6 is 0 Å². The molecule has 0 aliphatic carbocycles. The van der Waals surface area contributed by atoms with E-state index < -0.39 is 0 Å². The van der Waals surface area contributed by atoms with Crippen LogP contribution in [0.5, 0.6) is 0 Å². The molecule has 6 nitrogen and oxygen atoms in total. The molecule has 29 heavy (non-hydrogen) atoms. The van der Waals surface area contributed by atoms with Gasteiger partial charge >= 0.3 is 0 Å².